The van der Waals surface area contributed by atoms with Crippen molar-refractivity contribution in [1.82, 2.24) is 0 Å². The van der Waals surface area contributed by atoms with E-state index in [-0.39, 0.29) is 17.5 Å². The highest BCUT2D eigenvalue weighted by Crippen LogP contribution is 2.36. The Bertz CT molecular complexity index is 873. The largest absolute Gasteiger partial charge is 0.496 e. The van der Waals surface area contributed by atoms with Crippen molar-refractivity contribution in [3.63, 3.8) is 0 Å². The number of thiophene rings is 1. The third-order valence-electron chi connectivity index (χ3n) is 3.98. The Balaban J connectivity index is 2.03. The lowest BCUT2D eigenvalue weighted by atomic mass is 10.0. The first-order chi connectivity index (χ1) is 11.5. The first kappa shape index (κ1) is 16.3. The molecule has 0 bridgehead atoms. The number of nitrogens with zero attached hydrogens (tertiary/aromatic N) is 1. The van der Waals surface area contributed by atoms with Gasteiger partial charge in [0.2, 0.25) is 5.78 Å². The molecule has 0 radical (unpaired) electrons. The fourth-order valence-electron chi connectivity index (χ4n) is 2.78. The summed E-state index contributed by atoms with van der Waals surface area (Å²) in [5, 5.41) is 11.3. The number of aryl methyl sites for hydroxylation is 1. The summed E-state index contributed by atoms with van der Waals surface area (Å²) in [5.41, 5.74) is 2.72. The number of fused-ring (bicyclic) bond motifs is 1. The zero-order valence-corrected chi connectivity index (χ0v) is 14.6. The molecule has 0 N–H and O–H groups in total. The van der Waals surface area contributed by atoms with Crippen LogP contribution >= 0.6 is 11.3 Å². The van der Waals surface area contributed by atoms with Crippen LogP contribution in [0.4, 0.5) is 0 Å². The van der Waals surface area contributed by atoms with Crippen LogP contribution in [0.2, 0.25) is 0 Å². The molecule has 0 fully saturated rings. The van der Waals surface area contributed by atoms with Gasteiger partial charge in [-0.3, -0.25) is 4.79 Å². The topological polar surface area (TPSA) is 59.3 Å². The van der Waals surface area contributed by atoms with Gasteiger partial charge in [-0.05, 0) is 49.1 Å². The van der Waals surface area contributed by atoms with Crippen LogP contribution < -0.4 is 9.47 Å². The summed E-state index contributed by atoms with van der Waals surface area (Å²) in [6, 6.07) is 7.64. The molecular formula is C19H17NO3S. The third-order valence-corrected chi connectivity index (χ3v) is 5.00. The van der Waals surface area contributed by atoms with Gasteiger partial charge in [0.1, 0.15) is 29.2 Å². The van der Waals surface area contributed by atoms with E-state index in [1.54, 1.807) is 13.2 Å². The van der Waals surface area contributed by atoms with Gasteiger partial charge >= 0.3 is 0 Å². The number of hydrogen-bond donors (Lipinski definition) is 0. The first-order valence-electron chi connectivity index (χ1n) is 7.61. The molecule has 0 saturated heterocycles. The standard InChI is InChI=1S/C19H17NO3S/c1-11-4-5-24-19(11)18(21)15(10-20)7-14-9-17-13(6-12(2)23-17)8-16(14)22-3/h4-5,7-9,12H,6H2,1-3H3. The maximum Gasteiger partial charge on any atom is 0.213 e. The van der Waals surface area contributed by atoms with E-state index in [1.165, 1.54) is 11.3 Å². The molecule has 0 saturated carbocycles. The second kappa shape index (κ2) is 6.50. The average molecular weight is 339 g/mol. The van der Waals surface area contributed by atoms with E-state index in [0.29, 0.717) is 16.2 Å². The molecule has 4 nitrogen and oxygen atoms in total. The van der Waals surface area contributed by atoms with Crippen LogP contribution in [0.5, 0.6) is 11.5 Å². The number of benzene rings is 1. The van der Waals surface area contributed by atoms with Crippen molar-refractivity contribution >= 4 is 23.2 Å². The molecule has 1 aliphatic heterocycles. The summed E-state index contributed by atoms with van der Waals surface area (Å²) >= 11 is 1.34. The zero-order chi connectivity index (χ0) is 17.3. The lowest BCUT2D eigenvalue weighted by Crippen LogP contribution is -2.05. The number of carbonyl (C=O) groups excluding carboxylic acids is 1. The predicted molar refractivity (Wildman–Crippen MR) is 93.8 cm³/mol. The molecule has 1 atom stereocenters. The molecule has 5 heteroatoms. The van der Waals surface area contributed by atoms with E-state index < -0.39 is 0 Å². The maximum atomic E-state index is 12.6. The Hall–Kier alpha value is -2.58. The van der Waals surface area contributed by atoms with E-state index in [4.69, 9.17) is 9.47 Å². The fraction of sp³-hybridized carbons (Fsp3) is 0.263. The monoisotopic (exact) mass is 339 g/mol. The van der Waals surface area contributed by atoms with Gasteiger partial charge < -0.3 is 9.47 Å². The minimum absolute atomic E-state index is 0.0878. The van der Waals surface area contributed by atoms with Crippen molar-refractivity contribution in [3.05, 3.63) is 50.7 Å². The zero-order valence-electron chi connectivity index (χ0n) is 13.8. The molecule has 24 heavy (non-hydrogen) atoms. The molecule has 0 amide bonds. The highest BCUT2D eigenvalue weighted by molar-refractivity contribution is 7.12. The summed E-state index contributed by atoms with van der Waals surface area (Å²) in [5.74, 6) is 1.16. The molecule has 1 aliphatic rings. The van der Waals surface area contributed by atoms with Crippen molar-refractivity contribution in [1.29, 1.82) is 5.26 Å². The molecule has 1 aromatic heterocycles. The molecule has 3 rings (SSSR count). The van der Waals surface area contributed by atoms with Crippen molar-refractivity contribution in [2.45, 2.75) is 26.4 Å². The molecular weight excluding hydrogens is 322 g/mol. The van der Waals surface area contributed by atoms with Crippen molar-refractivity contribution < 1.29 is 14.3 Å². The van der Waals surface area contributed by atoms with Gasteiger partial charge in [-0.1, -0.05) is 0 Å². The Labute approximate surface area is 144 Å². The van der Waals surface area contributed by atoms with Crippen LogP contribution in [0.25, 0.3) is 6.08 Å². The number of ether oxygens (including phenoxy) is 2. The minimum atomic E-state index is -0.262. The molecule has 1 unspecified atom stereocenters. The van der Waals surface area contributed by atoms with E-state index >= 15 is 0 Å². The highest BCUT2D eigenvalue weighted by atomic mass is 32.1. The first-order valence-corrected chi connectivity index (χ1v) is 8.49. The molecule has 122 valence electrons. The Morgan fingerprint density at radius 2 is 2.29 bits per heavy atom. The van der Waals surface area contributed by atoms with Crippen LogP contribution in [0.15, 0.2) is 29.2 Å². The fourth-order valence-corrected chi connectivity index (χ4v) is 3.66. The highest BCUT2D eigenvalue weighted by Gasteiger charge is 2.22. The van der Waals surface area contributed by atoms with E-state index in [0.717, 1.165) is 23.3 Å². The SMILES string of the molecule is COc1cc2c(cc1C=C(C#N)C(=O)c1sccc1C)OC(C)C2. The van der Waals surface area contributed by atoms with E-state index in [9.17, 15) is 10.1 Å². The van der Waals surface area contributed by atoms with Gasteiger partial charge in [0.15, 0.2) is 0 Å². The number of nitriles is 1. The second-order valence-corrected chi connectivity index (χ2v) is 6.68. The third kappa shape index (κ3) is 2.93. The number of ketones is 1. The van der Waals surface area contributed by atoms with Crippen LogP contribution in [-0.2, 0) is 6.42 Å². The summed E-state index contributed by atoms with van der Waals surface area (Å²) in [4.78, 5) is 13.2. The van der Waals surface area contributed by atoms with Crippen LogP contribution in [-0.4, -0.2) is 19.0 Å². The average Bonchev–Trinajstić information content (AvgIpc) is 3.15. The summed E-state index contributed by atoms with van der Waals surface area (Å²) in [6.07, 6.45) is 2.52. The second-order valence-electron chi connectivity index (χ2n) is 5.77. The number of allylic oxidation sites excluding steroid dienone is 1. The maximum absolute atomic E-state index is 12.6. The van der Waals surface area contributed by atoms with Gasteiger partial charge in [0, 0.05) is 17.5 Å². The Kier molecular flexibility index (Phi) is 4.41. The molecule has 0 spiro atoms. The van der Waals surface area contributed by atoms with Crippen molar-refractivity contribution in [2.75, 3.05) is 7.11 Å². The number of hydrogen-bond acceptors (Lipinski definition) is 5. The summed E-state index contributed by atoms with van der Waals surface area (Å²) < 4.78 is 11.2. The molecule has 0 aliphatic carbocycles. The Morgan fingerprint density at radius 3 is 2.92 bits per heavy atom. The van der Waals surface area contributed by atoms with Crippen molar-refractivity contribution in [3.8, 4) is 17.6 Å². The molecule has 2 heterocycles. The van der Waals surface area contributed by atoms with Crippen LogP contribution in [0.3, 0.4) is 0 Å². The number of rotatable bonds is 4. The van der Waals surface area contributed by atoms with Gasteiger partial charge in [-0.2, -0.15) is 5.26 Å². The lowest BCUT2D eigenvalue weighted by molar-refractivity contribution is 0.104. The van der Waals surface area contributed by atoms with Crippen LogP contribution in [0.1, 0.15) is 33.3 Å². The van der Waals surface area contributed by atoms with Gasteiger partial charge in [-0.25, -0.2) is 0 Å². The van der Waals surface area contributed by atoms with E-state index in [2.05, 4.69) is 0 Å². The number of Topliss-reactive ketones (excluding diaryl/α,β-unsaturated/α-hetero) is 1. The van der Waals surface area contributed by atoms with Gasteiger partial charge in [0.05, 0.1) is 12.0 Å². The predicted octanol–water partition coefficient (Wildman–Crippen LogP) is 4.18. The normalized spacial score (nSPS) is 16.2. The summed E-state index contributed by atoms with van der Waals surface area (Å²) in [6.45, 7) is 3.87. The lowest BCUT2D eigenvalue weighted by Gasteiger charge is -2.09. The Morgan fingerprint density at radius 1 is 1.50 bits per heavy atom. The van der Waals surface area contributed by atoms with E-state index in [1.807, 2.05) is 43.5 Å². The quantitative estimate of drug-likeness (QED) is 0.476. The number of carbonyl (C=O) groups is 1. The smallest absolute Gasteiger partial charge is 0.213 e. The van der Waals surface area contributed by atoms with Gasteiger partial charge in [-0.15, -0.1) is 11.3 Å². The minimum Gasteiger partial charge on any atom is -0.496 e. The van der Waals surface area contributed by atoms with Gasteiger partial charge in [0.25, 0.3) is 0 Å². The molecule has 2 aromatic rings. The van der Waals surface area contributed by atoms with Crippen molar-refractivity contribution in [2.24, 2.45) is 0 Å². The summed E-state index contributed by atoms with van der Waals surface area (Å²) in [7, 11) is 1.58. The molecule has 1 aromatic carbocycles. The number of methoxy groups -OCH3 is 1. The van der Waals surface area contributed by atoms with Crippen LogP contribution in [0, 0.1) is 18.3 Å².